The van der Waals surface area contributed by atoms with Gasteiger partial charge in [0.15, 0.2) is 0 Å². The van der Waals surface area contributed by atoms with Crippen molar-refractivity contribution in [1.82, 2.24) is 5.06 Å². The first-order chi connectivity index (χ1) is 10.2. The van der Waals surface area contributed by atoms with E-state index in [1.54, 1.807) is 20.8 Å². The first-order valence-electron chi connectivity index (χ1n) is 7.60. The Morgan fingerprint density at radius 1 is 1.36 bits per heavy atom. The molecule has 22 heavy (non-hydrogen) atoms. The lowest BCUT2D eigenvalue weighted by molar-refractivity contribution is -0.209. The molecule has 1 aliphatic rings. The third-order valence-corrected chi connectivity index (χ3v) is 3.87. The number of benzene rings is 1. The third-order valence-electron chi connectivity index (χ3n) is 3.87. The van der Waals surface area contributed by atoms with Gasteiger partial charge in [-0.25, -0.2) is 4.79 Å². The van der Waals surface area contributed by atoms with Gasteiger partial charge in [0.05, 0.1) is 30.2 Å². The minimum atomic E-state index is -1.01. The summed E-state index contributed by atoms with van der Waals surface area (Å²) in [6.45, 7) is 5.37. The first kappa shape index (κ1) is 16.9. The molecule has 2 rings (SSSR count). The van der Waals surface area contributed by atoms with Crippen LogP contribution in [0, 0.1) is 5.41 Å². The molecule has 1 unspecified atom stereocenters. The van der Waals surface area contributed by atoms with Crippen LogP contribution in [0.2, 0.25) is 0 Å². The van der Waals surface area contributed by atoms with E-state index in [2.05, 4.69) is 0 Å². The highest BCUT2D eigenvalue weighted by Crippen LogP contribution is 2.31. The molecule has 5 heteroatoms. The number of rotatable bonds is 4. The van der Waals surface area contributed by atoms with Gasteiger partial charge in [0.25, 0.3) is 0 Å². The zero-order chi connectivity index (χ0) is 16.4. The summed E-state index contributed by atoms with van der Waals surface area (Å²) in [5.41, 5.74) is -0.613. The SMILES string of the molecule is CC(C)(C)C(=O)ON1CC(O)(Cc2ccccc2)C[C@@H]1CO. The number of hydrogen-bond acceptors (Lipinski definition) is 5. The molecule has 1 fully saturated rings. The Morgan fingerprint density at radius 3 is 2.55 bits per heavy atom. The molecule has 1 aromatic rings. The van der Waals surface area contributed by atoms with Crippen LogP contribution in [0.3, 0.4) is 0 Å². The van der Waals surface area contributed by atoms with E-state index in [9.17, 15) is 15.0 Å². The predicted molar refractivity (Wildman–Crippen MR) is 82.8 cm³/mol. The fourth-order valence-corrected chi connectivity index (χ4v) is 2.63. The van der Waals surface area contributed by atoms with Crippen LogP contribution in [-0.2, 0) is 16.1 Å². The second kappa shape index (κ2) is 6.36. The van der Waals surface area contributed by atoms with Crippen molar-refractivity contribution in [1.29, 1.82) is 0 Å². The predicted octanol–water partition coefficient (Wildman–Crippen LogP) is 1.53. The number of aliphatic hydroxyl groups excluding tert-OH is 1. The van der Waals surface area contributed by atoms with Gasteiger partial charge < -0.3 is 15.1 Å². The Hall–Kier alpha value is -1.43. The molecule has 0 aromatic heterocycles. The van der Waals surface area contributed by atoms with Crippen LogP contribution in [-0.4, -0.2) is 46.0 Å². The summed E-state index contributed by atoms with van der Waals surface area (Å²) in [6.07, 6.45) is 0.837. The number of β-amino-alcohol motifs (C(OH)–C–C–N with tert-alkyl or cyclic N) is 1. The molecule has 2 N–H and O–H groups in total. The van der Waals surface area contributed by atoms with Crippen molar-refractivity contribution in [3.63, 3.8) is 0 Å². The van der Waals surface area contributed by atoms with Crippen LogP contribution in [0.15, 0.2) is 30.3 Å². The van der Waals surface area contributed by atoms with E-state index in [0.717, 1.165) is 5.56 Å². The molecule has 5 nitrogen and oxygen atoms in total. The summed E-state index contributed by atoms with van der Waals surface area (Å²) in [7, 11) is 0. The Bertz CT molecular complexity index is 511. The minimum Gasteiger partial charge on any atom is -0.395 e. The third kappa shape index (κ3) is 4.06. The monoisotopic (exact) mass is 307 g/mol. The smallest absolute Gasteiger partial charge is 0.330 e. The lowest BCUT2D eigenvalue weighted by atomic mass is 9.92. The van der Waals surface area contributed by atoms with Crippen molar-refractivity contribution in [3.05, 3.63) is 35.9 Å². The van der Waals surface area contributed by atoms with Gasteiger partial charge in [-0.05, 0) is 32.8 Å². The number of aliphatic hydroxyl groups is 2. The fraction of sp³-hybridized carbons (Fsp3) is 0.588. The summed E-state index contributed by atoms with van der Waals surface area (Å²) < 4.78 is 0. The molecule has 1 aromatic carbocycles. The maximum Gasteiger partial charge on any atom is 0.330 e. The molecule has 0 bridgehead atoms. The van der Waals surface area contributed by atoms with Crippen LogP contribution in [0.5, 0.6) is 0 Å². The quantitative estimate of drug-likeness (QED) is 0.883. The molecule has 1 heterocycles. The molecule has 0 saturated carbocycles. The van der Waals surface area contributed by atoms with Crippen LogP contribution >= 0.6 is 0 Å². The summed E-state index contributed by atoms with van der Waals surface area (Å²) in [6, 6.07) is 9.31. The van der Waals surface area contributed by atoms with Gasteiger partial charge in [-0.15, -0.1) is 5.06 Å². The van der Waals surface area contributed by atoms with E-state index in [1.807, 2.05) is 30.3 Å². The number of carbonyl (C=O) groups is 1. The maximum absolute atomic E-state index is 12.0. The Kier molecular flexibility index (Phi) is 4.90. The Balaban J connectivity index is 2.06. The van der Waals surface area contributed by atoms with Crippen molar-refractivity contribution in [2.24, 2.45) is 5.41 Å². The van der Waals surface area contributed by atoms with Crippen LogP contribution in [0.4, 0.5) is 0 Å². The summed E-state index contributed by atoms with van der Waals surface area (Å²) in [5.74, 6) is -0.366. The van der Waals surface area contributed by atoms with Gasteiger partial charge >= 0.3 is 5.97 Å². The molecule has 0 spiro atoms. The average Bonchev–Trinajstić information content (AvgIpc) is 2.74. The van der Waals surface area contributed by atoms with Gasteiger partial charge in [-0.2, -0.15) is 0 Å². The zero-order valence-electron chi connectivity index (χ0n) is 13.5. The zero-order valence-corrected chi connectivity index (χ0v) is 13.5. The second-order valence-corrected chi connectivity index (χ2v) is 7.13. The van der Waals surface area contributed by atoms with Crippen molar-refractivity contribution in [2.75, 3.05) is 13.2 Å². The van der Waals surface area contributed by atoms with E-state index in [-0.39, 0.29) is 25.2 Å². The molecule has 2 atom stereocenters. The van der Waals surface area contributed by atoms with E-state index < -0.39 is 11.0 Å². The van der Waals surface area contributed by atoms with Gasteiger partial charge in [0.1, 0.15) is 0 Å². The lowest BCUT2D eigenvalue weighted by Gasteiger charge is -2.26. The highest BCUT2D eigenvalue weighted by molar-refractivity contribution is 5.75. The lowest BCUT2D eigenvalue weighted by Crippen LogP contribution is -2.40. The highest BCUT2D eigenvalue weighted by Gasteiger charge is 2.45. The minimum absolute atomic E-state index is 0.158. The summed E-state index contributed by atoms with van der Waals surface area (Å²) in [5, 5.41) is 21.7. The van der Waals surface area contributed by atoms with E-state index >= 15 is 0 Å². The van der Waals surface area contributed by atoms with E-state index in [0.29, 0.717) is 12.8 Å². The fourth-order valence-electron chi connectivity index (χ4n) is 2.63. The number of nitrogens with zero attached hydrogens (tertiary/aromatic N) is 1. The molecule has 122 valence electrons. The van der Waals surface area contributed by atoms with Crippen molar-refractivity contribution in [3.8, 4) is 0 Å². The average molecular weight is 307 g/mol. The standard InChI is InChI=1S/C17H25NO4/c1-16(2,3)15(20)22-18-12-17(21,10-14(18)11-19)9-13-7-5-4-6-8-13/h4-8,14,19,21H,9-12H2,1-3H3/t14-,17?/m1/s1. The summed E-state index contributed by atoms with van der Waals surface area (Å²) >= 11 is 0. The molecule has 0 aliphatic carbocycles. The van der Waals surface area contributed by atoms with Crippen molar-refractivity contribution >= 4 is 5.97 Å². The van der Waals surface area contributed by atoms with Gasteiger partial charge in [-0.3, -0.25) is 0 Å². The molecule has 1 saturated heterocycles. The number of hydroxylamine groups is 2. The topological polar surface area (TPSA) is 70.0 Å². The highest BCUT2D eigenvalue weighted by atomic mass is 16.7. The van der Waals surface area contributed by atoms with Crippen LogP contribution in [0.1, 0.15) is 32.8 Å². The molecule has 1 aliphatic heterocycles. The molecule has 0 amide bonds. The molecular weight excluding hydrogens is 282 g/mol. The second-order valence-electron chi connectivity index (χ2n) is 7.13. The van der Waals surface area contributed by atoms with E-state index in [4.69, 9.17) is 4.84 Å². The van der Waals surface area contributed by atoms with Crippen molar-refractivity contribution in [2.45, 2.75) is 45.3 Å². The van der Waals surface area contributed by atoms with Crippen LogP contribution < -0.4 is 0 Å². The maximum atomic E-state index is 12.0. The first-order valence-corrected chi connectivity index (χ1v) is 7.60. The normalized spacial score (nSPS) is 26.1. The molecular formula is C17H25NO4. The van der Waals surface area contributed by atoms with Gasteiger partial charge in [0, 0.05) is 6.42 Å². The molecule has 0 radical (unpaired) electrons. The van der Waals surface area contributed by atoms with Crippen LogP contribution in [0.25, 0.3) is 0 Å². The number of carbonyl (C=O) groups excluding carboxylic acids is 1. The largest absolute Gasteiger partial charge is 0.395 e. The van der Waals surface area contributed by atoms with Crippen molar-refractivity contribution < 1.29 is 19.8 Å². The van der Waals surface area contributed by atoms with Gasteiger partial charge in [-0.1, -0.05) is 30.3 Å². The van der Waals surface area contributed by atoms with Gasteiger partial charge in [0.2, 0.25) is 0 Å². The number of hydrogen-bond donors (Lipinski definition) is 2. The Labute approximate surface area is 131 Å². The Morgan fingerprint density at radius 2 is 2.00 bits per heavy atom. The summed E-state index contributed by atoms with van der Waals surface area (Å²) in [4.78, 5) is 17.4. The van der Waals surface area contributed by atoms with E-state index in [1.165, 1.54) is 5.06 Å².